The molecule has 62 valence electrons. The Bertz CT molecular complexity index is 307. The number of Topliss-reactive ketones (excluding diaryl/α,β-unsaturated/α-hetero) is 1. The Hall–Kier alpha value is -1.51. The van der Waals surface area contributed by atoms with Crippen molar-refractivity contribution in [2.75, 3.05) is 0 Å². The van der Waals surface area contributed by atoms with E-state index in [9.17, 15) is 9.70 Å². The van der Waals surface area contributed by atoms with Gasteiger partial charge in [0.05, 0.1) is 0 Å². The molecule has 0 saturated heterocycles. The highest BCUT2D eigenvalue weighted by molar-refractivity contribution is 5.96. The van der Waals surface area contributed by atoms with Gasteiger partial charge >= 0.3 is 0 Å². The summed E-state index contributed by atoms with van der Waals surface area (Å²) in [6, 6.07) is 6.40. The second-order valence-electron chi connectivity index (χ2n) is 2.42. The molecule has 0 aromatic heterocycles. The van der Waals surface area contributed by atoms with E-state index in [0.717, 1.165) is 0 Å². The Morgan fingerprint density at radius 2 is 2.25 bits per heavy atom. The number of benzene rings is 1. The van der Waals surface area contributed by atoms with E-state index >= 15 is 0 Å². The molecule has 0 heterocycles. The monoisotopic (exact) mass is 163 g/mol. The van der Waals surface area contributed by atoms with Gasteiger partial charge in [0.15, 0.2) is 5.78 Å². The zero-order valence-corrected chi connectivity index (χ0v) is 6.78. The minimum absolute atomic E-state index is 0.0282. The lowest BCUT2D eigenvalue weighted by Crippen LogP contribution is -1.94. The van der Waals surface area contributed by atoms with Crippen molar-refractivity contribution in [1.82, 2.24) is 0 Å². The molecule has 0 fully saturated rings. The van der Waals surface area contributed by atoms with Crippen LogP contribution in [0.25, 0.3) is 0 Å². The van der Waals surface area contributed by atoms with Crippen LogP contribution in [0, 0.1) is 4.91 Å². The van der Waals surface area contributed by atoms with Crippen molar-refractivity contribution in [3.8, 4) is 0 Å². The van der Waals surface area contributed by atoms with E-state index in [-0.39, 0.29) is 5.78 Å². The topological polar surface area (TPSA) is 46.5 Å². The lowest BCUT2D eigenvalue weighted by molar-refractivity contribution is 0.0988. The van der Waals surface area contributed by atoms with E-state index in [4.69, 9.17) is 0 Å². The van der Waals surface area contributed by atoms with Gasteiger partial charge in [0.2, 0.25) is 0 Å². The Balaban J connectivity index is 3.01. The lowest BCUT2D eigenvalue weighted by Gasteiger charge is -1.96. The molecule has 3 nitrogen and oxygen atoms in total. The van der Waals surface area contributed by atoms with E-state index in [1.807, 2.05) is 0 Å². The van der Waals surface area contributed by atoms with Crippen molar-refractivity contribution in [2.24, 2.45) is 5.18 Å². The summed E-state index contributed by atoms with van der Waals surface area (Å²) in [7, 11) is 0. The predicted octanol–water partition coefficient (Wildman–Crippen LogP) is 2.68. The van der Waals surface area contributed by atoms with Crippen LogP contribution in [0.3, 0.4) is 0 Å². The van der Waals surface area contributed by atoms with E-state index in [1.54, 1.807) is 25.1 Å². The maximum absolute atomic E-state index is 11.1. The number of nitrogens with zero attached hydrogens (tertiary/aromatic N) is 1. The SMILES string of the molecule is CCC(=O)c1cccc(N=O)c1. The van der Waals surface area contributed by atoms with Gasteiger partial charge in [0.1, 0.15) is 5.69 Å². The maximum Gasteiger partial charge on any atom is 0.162 e. The maximum atomic E-state index is 11.1. The van der Waals surface area contributed by atoms with Gasteiger partial charge in [-0.15, -0.1) is 4.91 Å². The summed E-state index contributed by atoms with van der Waals surface area (Å²) in [5.41, 5.74) is 0.851. The second kappa shape index (κ2) is 3.76. The molecule has 0 saturated carbocycles. The Kier molecular flexibility index (Phi) is 2.69. The summed E-state index contributed by atoms with van der Waals surface area (Å²) in [6.45, 7) is 1.78. The smallest absolute Gasteiger partial charge is 0.162 e. The second-order valence-corrected chi connectivity index (χ2v) is 2.42. The number of hydrogen-bond acceptors (Lipinski definition) is 3. The van der Waals surface area contributed by atoms with Gasteiger partial charge in [0.25, 0.3) is 0 Å². The molecule has 0 aliphatic heterocycles. The quantitative estimate of drug-likeness (QED) is 0.508. The van der Waals surface area contributed by atoms with Crippen LogP contribution < -0.4 is 0 Å². The van der Waals surface area contributed by atoms with Crippen molar-refractivity contribution in [3.63, 3.8) is 0 Å². The van der Waals surface area contributed by atoms with Crippen molar-refractivity contribution in [3.05, 3.63) is 34.7 Å². The largest absolute Gasteiger partial charge is 0.294 e. The van der Waals surface area contributed by atoms with Crippen molar-refractivity contribution in [2.45, 2.75) is 13.3 Å². The van der Waals surface area contributed by atoms with Crippen molar-refractivity contribution < 1.29 is 4.79 Å². The molecular formula is C9H9NO2. The van der Waals surface area contributed by atoms with E-state index in [2.05, 4.69) is 5.18 Å². The molecular weight excluding hydrogens is 154 g/mol. The van der Waals surface area contributed by atoms with Crippen LogP contribution in [0.15, 0.2) is 29.4 Å². The van der Waals surface area contributed by atoms with Gasteiger partial charge < -0.3 is 0 Å². The standard InChI is InChI=1S/C9H9NO2/c1-2-9(11)7-4-3-5-8(6-7)10-12/h3-6H,2H2,1H3. The lowest BCUT2D eigenvalue weighted by atomic mass is 10.1. The summed E-state index contributed by atoms with van der Waals surface area (Å²) >= 11 is 0. The summed E-state index contributed by atoms with van der Waals surface area (Å²) < 4.78 is 0. The highest BCUT2D eigenvalue weighted by atomic mass is 16.3. The van der Waals surface area contributed by atoms with Crippen LogP contribution >= 0.6 is 0 Å². The van der Waals surface area contributed by atoms with Gasteiger partial charge in [-0.25, -0.2) is 0 Å². The van der Waals surface area contributed by atoms with Crippen LogP contribution in [0.2, 0.25) is 0 Å². The molecule has 0 amide bonds. The summed E-state index contributed by atoms with van der Waals surface area (Å²) in [4.78, 5) is 21.2. The number of hydrogen-bond donors (Lipinski definition) is 0. The first-order chi connectivity index (χ1) is 5.77. The van der Waals surface area contributed by atoms with Gasteiger partial charge in [-0.05, 0) is 17.3 Å². The van der Waals surface area contributed by atoms with Crippen LogP contribution in [-0.2, 0) is 0 Å². The number of ketones is 1. The first-order valence-electron chi connectivity index (χ1n) is 3.74. The number of nitroso groups, excluding NO2 is 1. The fourth-order valence-corrected chi connectivity index (χ4v) is 0.940. The Morgan fingerprint density at radius 3 is 2.83 bits per heavy atom. The van der Waals surface area contributed by atoms with E-state index in [1.165, 1.54) is 6.07 Å². The minimum atomic E-state index is 0.0282. The molecule has 0 unspecified atom stereocenters. The number of carbonyl (C=O) groups excluding carboxylic acids is 1. The number of rotatable bonds is 3. The first-order valence-corrected chi connectivity index (χ1v) is 3.74. The molecule has 0 aliphatic carbocycles. The third kappa shape index (κ3) is 1.75. The molecule has 12 heavy (non-hydrogen) atoms. The molecule has 0 radical (unpaired) electrons. The summed E-state index contributed by atoms with van der Waals surface area (Å²) in [5, 5.41) is 2.75. The highest BCUT2D eigenvalue weighted by Gasteiger charge is 2.02. The van der Waals surface area contributed by atoms with Gasteiger partial charge in [-0.3, -0.25) is 4.79 Å². The average Bonchev–Trinajstić information content (AvgIpc) is 2.17. The molecule has 0 atom stereocenters. The molecule has 0 N–H and O–H groups in total. The van der Waals surface area contributed by atoms with Crippen LogP contribution in [0.5, 0.6) is 0 Å². The molecule has 1 aromatic carbocycles. The highest BCUT2D eigenvalue weighted by Crippen LogP contribution is 2.14. The zero-order chi connectivity index (χ0) is 8.97. The van der Waals surface area contributed by atoms with Gasteiger partial charge in [-0.1, -0.05) is 19.1 Å². The fourth-order valence-electron chi connectivity index (χ4n) is 0.940. The van der Waals surface area contributed by atoms with Crippen LogP contribution in [0.1, 0.15) is 23.7 Å². The third-order valence-electron chi connectivity index (χ3n) is 1.59. The summed E-state index contributed by atoms with van der Waals surface area (Å²) in [5.74, 6) is 0.0282. The van der Waals surface area contributed by atoms with Gasteiger partial charge in [0, 0.05) is 12.0 Å². The van der Waals surface area contributed by atoms with Gasteiger partial charge in [-0.2, -0.15) is 0 Å². The molecule has 0 bridgehead atoms. The molecule has 1 rings (SSSR count). The molecule has 1 aromatic rings. The van der Waals surface area contributed by atoms with Crippen molar-refractivity contribution >= 4 is 11.5 Å². The summed E-state index contributed by atoms with van der Waals surface area (Å²) in [6.07, 6.45) is 0.447. The van der Waals surface area contributed by atoms with Crippen LogP contribution in [-0.4, -0.2) is 5.78 Å². The number of carbonyl (C=O) groups is 1. The Labute approximate surface area is 70.4 Å². The molecule has 0 aliphatic rings. The zero-order valence-electron chi connectivity index (χ0n) is 6.78. The van der Waals surface area contributed by atoms with E-state index in [0.29, 0.717) is 17.7 Å². The normalized spacial score (nSPS) is 9.42. The predicted molar refractivity (Wildman–Crippen MR) is 46.5 cm³/mol. The average molecular weight is 163 g/mol. The Morgan fingerprint density at radius 1 is 1.50 bits per heavy atom. The van der Waals surface area contributed by atoms with Crippen molar-refractivity contribution in [1.29, 1.82) is 0 Å². The fraction of sp³-hybridized carbons (Fsp3) is 0.222. The minimum Gasteiger partial charge on any atom is -0.294 e. The first kappa shape index (κ1) is 8.59. The molecule has 0 spiro atoms. The third-order valence-corrected chi connectivity index (χ3v) is 1.59. The van der Waals surface area contributed by atoms with E-state index < -0.39 is 0 Å². The molecule has 3 heteroatoms. The van der Waals surface area contributed by atoms with Crippen LogP contribution in [0.4, 0.5) is 5.69 Å².